The van der Waals surface area contributed by atoms with Crippen LogP contribution in [0.25, 0.3) is 0 Å². The molecular weight excluding hydrogens is 379 g/mol. The van der Waals surface area contributed by atoms with Crippen molar-refractivity contribution in [1.82, 2.24) is 0 Å². The summed E-state index contributed by atoms with van der Waals surface area (Å²) in [7, 11) is 2.33. The van der Waals surface area contributed by atoms with E-state index in [-0.39, 0.29) is 29.1 Å². The fraction of sp³-hybridized carbons (Fsp3) is 0.619. The molecule has 1 aromatic carbocycles. The molecule has 6 nitrogen and oxygen atoms in total. The minimum atomic E-state index is -1.80. The van der Waals surface area contributed by atoms with E-state index in [1.165, 1.54) is 14.2 Å². The molecule has 28 heavy (non-hydrogen) atoms. The largest absolute Gasteiger partial charge is 0.496 e. The van der Waals surface area contributed by atoms with Gasteiger partial charge in [0.1, 0.15) is 17.1 Å². The Morgan fingerprint density at radius 1 is 1.14 bits per heavy atom. The Morgan fingerprint density at radius 3 is 2.18 bits per heavy atom. The van der Waals surface area contributed by atoms with E-state index in [0.29, 0.717) is 19.3 Å². The van der Waals surface area contributed by atoms with Crippen LogP contribution < -0.4 is 9.47 Å². The third-order valence-electron chi connectivity index (χ3n) is 5.54. The number of carbonyl (C=O) groups is 2. The molecule has 0 bridgehead atoms. The Bertz CT molecular complexity index is 691. The number of carbonyl (C=O) groups excluding carboxylic acids is 2. The van der Waals surface area contributed by atoms with E-state index in [1.807, 2.05) is 6.92 Å². The number of methoxy groups -OCH3 is 2. The van der Waals surface area contributed by atoms with Crippen molar-refractivity contribution < 1.29 is 28.4 Å². The third-order valence-corrected chi connectivity index (χ3v) is 6.57. The summed E-state index contributed by atoms with van der Waals surface area (Å²) in [6.45, 7) is 3.65. The minimum Gasteiger partial charge on any atom is -0.496 e. The highest BCUT2D eigenvalue weighted by atomic mass is 31.1. The monoisotopic (exact) mass is 408 g/mol. The predicted molar refractivity (Wildman–Crippen MR) is 107 cm³/mol. The van der Waals surface area contributed by atoms with Gasteiger partial charge >= 0.3 is 5.97 Å². The Labute approximate surface area is 168 Å². The molecule has 0 aromatic heterocycles. The van der Waals surface area contributed by atoms with Crippen LogP contribution in [0.1, 0.15) is 62.7 Å². The summed E-state index contributed by atoms with van der Waals surface area (Å²) in [5.41, 5.74) is 0.127. The lowest BCUT2D eigenvalue weighted by molar-refractivity contribution is -0.151. The molecule has 2 unspecified atom stereocenters. The van der Waals surface area contributed by atoms with Gasteiger partial charge in [0, 0.05) is 0 Å². The Hall–Kier alpha value is -1.94. The maximum Gasteiger partial charge on any atom is 0.332 e. The van der Waals surface area contributed by atoms with Gasteiger partial charge in [-0.05, 0) is 44.2 Å². The number of hydrogen-bond donors (Lipinski definition) is 0. The van der Waals surface area contributed by atoms with E-state index in [9.17, 15) is 14.2 Å². The van der Waals surface area contributed by atoms with Crippen LogP contribution in [-0.4, -0.2) is 37.2 Å². The molecule has 0 heterocycles. The van der Waals surface area contributed by atoms with Crippen molar-refractivity contribution in [3.63, 3.8) is 0 Å². The van der Waals surface area contributed by atoms with Crippen molar-refractivity contribution in [3.8, 4) is 11.5 Å². The van der Waals surface area contributed by atoms with Crippen LogP contribution in [0, 0.1) is 5.92 Å². The van der Waals surface area contributed by atoms with Crippen LogP contribution >= 0.6 is 8.46 Å². The molecule has 2 rings (SSSR count). The van der Waals surface area contributed by atoms with Crippen LogP contribution in [0.3, 0.4) is 0 Å². The second kappa shape index (κ2) is 10.0. The van der Waals surface area contributed by atoms with E-state index in [0.717, 1.165) is 19.3 Å². The Morgan fingerprint density at radius 2 is 1.71 bits per heavy atom. The van der Waals surface area contributed by atoms with Crippen molar-refractivity contribution in [2.75, 3.05) is 14.2 Å². The highest BCUT2D eigenvalue weighted by Crippen LogP contribution is 2.47. The van der Waals surface area contributed by atoms with Crippen molar-refractivity contribution in [2.24, 2.45) is 5.92 Å². The maximum absolute atomic E-state index is 13.8. The van der Waals surface area contributed by atoms with E-state index in [2.05, 4.69) is 0 Å². The van der Waals surface area contributed by atoms with Gasteiger partial charge in [0.2, 0.25) is 5.16 Å². The topological polar surface area (TPSA) is 78.9 Å². The second-order valence-electron chi connectivity index (χ2n) is 7.18. The normalized spacial score (nSPS) is 18.1. The number of ether oxygens (including phenoxy) is 3. The molecule has 0 radical (unpaired) electrons. The van der Waals surface area contributed by atoms with Gasteiger partial charge in [-0.2, -0.15) is 0 Å². The molecule has 154 valence electrons. The fourth-order valence-electron chi connectivity index (χ4n) is 3.74. The number of Topliss-reactive ketones (excluding diaryl/α,β-unsaturated/α-hetero) is 1. The smallest absolute Gasteiger partial charge is 0.332 e. The second-order valence-corrected chi connectivity index (χ2v) is 8.07. The summed E-state index contributed by atoms with van der Waals surface area (Å²) in [6, 6.07) is 4.95. The molecule has 1 fully saturated rings. The molecule has 1 aliphatic rings. The van der Waals surface area contributed by atoms with Crippen LogP contribution in [0.5, 0.6) is 11.5 Å². The Kier molecular flexibility index (Phi) is 7.99. The number of benzene rings is 1. The molecule has 1 aliphatic carbocycles. The summed E-state index contributed by atoms with van der Waals surface area (Å²) >= 11 is 0. The first-order chi connectivity index (χ1) is 13.5. The van der Waals surface area contributed by atoms with Gasteiger partial charge in [0.15, 0.2) is 14.2 Å². The van der Waals surface area contributed by atoms with Gasteiger partial charge in [-0.1, -0.05) is 32.3 Å². The average molecular weight is 408 g/mol. The van der Waals surface area contributed by atoms with Crippen molar-refractivity contribution in [1.29, 1.82) is 0 Å². The zero-order valence-corrected chi connectivity index (χ0v) is 17.9. The van der Waals surface area contributed by atoms with Crippen molar-refractivity contribution in [3.05, 3.63) is 23.8 Å². The number of ketones is 1. The summed E-state index contributed by atoms with van der Waals surface area (Å²) in [6.07, 6.45) is 4.33. The van der Waals surface area contributed by atoms with Crippen molar-refractivity contribution >= 4 is 20.2 Å². The number of hydrogen-bond acceptors (Lipinski definition) is 6. The van der Waals surface area contributed by atoms with Gasteiger partial charge in [-0.25, -0.2) is 0 Å². The SMILES string of the molecule is CCC(C)OC(=O)C(P=O)(C(=O)c1c(OC)cccc1OC)C1CCCCC1. The third kappa shape index (κ3) is 4.22. The predicted octanol–water partition coefficient (Wildman–Crippen LogP) is 4.84. The first kappa shape index (κ1) is 22.4. The van der Waals surface area contributed by atoms with Crippen LogP contribution in [0.4, 0.5) is 0 Å². The average Bonchev–Trinajstić information content (AvgIpc) is 2.74. The zero-order chi connectivity index (χ0) is 20.7. The summed E-state index contributed by atoms with van der Waals surface area (Å²) in [4.78, 5) is 27.0. The first-order valence-corrected chi connectivity index (χ1v) is 10.6. The van der Waals surface area contributed by atoms with Gasteiger partial charge < -0.3 is 14.2 Å². The molecule has 0 N–H and O–H groups in total. The Balaban J connectivity index is 2.62. The van der Waals surface area contributed by atoms with Crippen molar-refractivity contribution in [2.45, 2.75) is 63.6 Å². The number of rotatable bonds is 9. The van der Waals surface area contributed by atoms with Gasteiger partial charge in [0.25, 0.3) is 0 Å². The van der Waals surface area contributed by atoms with E-state index >= 15 is 0 Å². The lowest BCUT2D eigenvalue weighted by atomic mass is 9.75. The van der Waals surface area contributed by atoms with E-state index < -0.39 is 25.4 Å². The highest BCUT2D eigenvalue weighted by molar-refractivity contribution is 7.30. The van der Waals surface area contributed by atoms with Gasteiger partial charge in [-0.15, -0.1) is 0 Å². The minimum absolute atomic E-state index is 0.127. The number of esters is 1. The molecule has 0 amide bonds. The maximum atomic E-state index is 13.8. The van der Waals surface area contributed by atoms with E-state index in [1.54, 1.807) is 25.1 Å². The molecule has 0 saturated heterocycles. The first-order valence-electron chi connectivity index (χ1n) is 9.77. The molecule has 2 atom stereocenters. The quantitative estimate of drug-likeness (QED) is 0.252. The van der Waals surface area contributed by atoms with E-state index in [4.69, 9.17) is 14.2 Å². The van der Waals surface area contributed by atoms with Gasteiger partial charge in [-0.3, -0.25) is 14.2 Å². The summed E-state index contributed by atoms with van der Waals surface area (Å²) in [5, 5.41) is -1.80. The molecule has 1 aromatic rings. The zero-order valence-electron chi connectivity index (χ0n) is 17.0. The van der Waals surface area contributed by atoms with Crippen LogP contribution in [-0.2, 0) is 14.1 Å². The molecule has 7 heteroatoms. The lowest BCUT2D eigenvalue weighted by Gasteiger charge is -2.35. The molecule has 0 aliphatic heterocycles. The van der Waals surface area contributed by atoms with Crippen LogP contribution in [0.15, 0.2) is 18.2 Å². The molecule has 0 spiro atoms. The lowest BCUT2D eigenvalue weighted by Crippen LogP contribution is -2.50. The summed E-state index contributed by atoms with van der Waals surface area (Å²) in [5.74, 6) is -1.10. The fourth-order valence-corrected chi connectivity index (χ4v) is 4.47. The van der Waals surface area contributed by atoms with Crippen LogP contribution in [0.2, 0.25) is 0 Å². The molecule has 1 saturated carbocycles. The highest BCUT2D eigenvalue weighted by Gasteiger charge is 2.56. The standard InChI is InChI=1S/C21H29O6P/c1-5-14(2)27-20(23)21(28-24,15-10-7-6-8-11-15)19(22)18-16(25-3)12-9-13-17(18)26-4/h9,12-15H,5-8,10-11H2,1-4H3. The van der Waals surface area contributed by atoms with Gasteiger partial charge in [0.05, 0.1) is 20.3 Å². The summed E-state index contributed by atoms with van der Waals surface area (Å²) < 4.78 is 28.8. The molecular formula is C21H29O6P.